The van der Waals surface area contributed by atoms with Crippen LogP contribution in [0.3, 0.4) is 0 Å². The molecule has 1 aliphatic heterocycles. The molecule has 2 aromatic carbocycles. The number of ether oxygens (including phenoxy) is 2. The Hall–Kier alpha value is -1.55. The van der Waals surface area contributed by atoms with Gasteiger partial charge in [0.2, 0.25) is 0 Å². The van der Waals surface area contributed by atoms with Crippen LogP contribution < -0.4 is 15.8 Å². The molecule has 1 heterocycles. The molecule has 0 aromatic heterocycles. The van der Waals surface area contributed by atoms with Crippen molar-refractivity contribution in [3.63, 3.8) is 0 Å². The van der Waals surface area contributed by atoms with Crippen molar-refractivity contribution >= 4 is 47.2 Å². The lowest BCUT2D eigenvalue weighted by Crippen LogP contribution is -2.40. The Bertz CT molecular complexity index is 767. The normalized spacial score (nSPS) is 16.1. The minimum absolute atomic E-state index is 0. The molecule has 1 aliphatic rings. The van der Waals surface area contributed by atoms with Crippen LogP contribution >= 0.6 is 35.6 Å². The Morgan fingerprint density at radius 1 is 1.25 bits per heavy atom. The lowest BCUT2D eigenvalue weighted by atomic mass is 10.0. The van der Waals surface area contributed by atoms with E-state index in [0.717, 1.165) is 48.3 Å². The predicted octanol–water partition coefficient (Wildman–Crippen LogP) is 3.77. The average molecular weight is 517 g/mol. The van der Waals surface area contributed by atoms with E-state index in [4.69, 9.17) is 26.8 Å². The van der Waals surface area contributed by atoms with E-state index < -0.39 is 0 Å². The minimum Gasteiger partial charge on any atom is -0.497 e. The number of morpholine rings is 1. The van der Waals surface area contributed by atoms with E-state index in [1.54, 1.807) is 7.11 Å². The van der Waals surface area contributed by atoms with Crippen molar-refractivity contribution in [3.05, 3.63) is 59.1 Å². The Balaban J connectivity index is 0.00000280. The zero-order chi connectivity index (χ0) is 19.1. The van der Waals surface area contributed by atoms with Gasteiger partial charge < -0.3 is 20.5 Å². The summed E-state index contributed by atoms with van der Waals surface area (Å²) < 4.78 is 10.6. The molecule has 1 fully saturated rings. The van der Waals surface area contributed by atoms with Crippen molar-refractivity contribution in [2.24, 2.45) is 10.7 Å². The van der Waals surface area contributed by atoms with E-state index in [1.807, 2.05) is 42.5 Å². The number of benzene rings is 2. The number of guanidine groups is 1. The molecular weight excluding hydrogens is 491 g/mol. The van der Waals surface area contributed by atoms with Crippen molar-refractivity contribution < 1.29 is 9.47 Å². The number of rotatable bonds is 6. The predicted molar refractivity (Wildman–Crippen MR) is 125 cm³/mol. The number of nitrogens with zero attached hydrogens (tertiary/aromatic N) is 2. The molecule has 3 rings (SSSR count). The second-order valence-electron chi connectivity index (χ2n) is 6.30. The molecule has 0 radical (unpaired) electrons. The Morgan fingerprint density at radius 3 is 2.61 bits per heavy atom. The van der Waals surface area contributed by atoms with E-state index in [-0.39, 0.29) is 30.0 Å². The average Bonchev–Trinajstić information content (AvgIpc) is 2.70. The fourth-order valence-electron chi connectivity index (χ4n) is 3.08. The molecule has 1 unspecified atom stereocenters. The Kier molecular flexibility index (Phi) is 9.30. The van der Waals surface area contributed by atoms with Gasteiger partial charge in [-0.1, -0.05) is 23.7 Å². The third-order valence-electron chi connectivity index (χ3n) is 4.52. The molecule has 0 aliphatic carbocycles. The zero-order valence-corrected chi connectivity index (χ0v) is 18.9. The molecule has 8 heteroatoms. The SMILES string of the molecule is COc1ccc(NC(N)=NCC(c2cccc(Cl)c2)N2CCOCC2)cc1.I. The molecule has 0 spiro atoms. The highest BCUT2D eigenvalue weighted by atomic mass is 127. The van der Waals surface area contributed by atoms with E-state index in [2.05, 4.69) is 21.3 Å². The summed E-state index contributed by atoms with van der Waals surface area (Å²) >= 11 is 6.20. The summed E-state index contributed by atoms with van der Waals surface area (Å²) in [6, 6.07) is 15.6. The van der Waals surface area contributed by atoms with Crippen molar-refractivity contribution in [3.8, 4) is 5.75 Å². The van der Waals surface area contributed by atoms with Crippen LogP contribution in [-0.2, 0) is 4.74 Å². The maximum Gasteiger partial charge on any atom is 0.193 e. The van der Waals surface area contributed by atoms with Crippen LogP contribution in [0.15, 0.2) is 53.5 Å². The maximum absolute atomic E-state index is 6.20. The van der Waals surface area contributed by atoms with Gasteiger partial charge >= 0.3 is 0 Å². The van der Waals surface area contributed by atoms with Gasteiger partial charge in [-0.3, -0.25) is 9.89 Å². The van der Waals surface area contributed by atoms with Gasteiger partial charge in [-0.05, 0) is 42.0 Å². The molecule has 28 heavy (non-hydrogen) atoms. The number of anilines is 1. The maximum atomic E-state index is 6.20. The first-order valence-electron chi connectivity index (χ1n) is 8.94. The largest absolute Gasteiger partial charge is 0.497 e. The van der Waals surface area contributed by atoms with E-state index in [0.29, 0.717) is 12.5 Å². The number of halogens is 2. The van der Waals surface area contributed by atoms with Crippen LogP contribution in [0, 0.1) is 0 Å². The molecule has 2 aromatic rings. The smallest absolute Gasteiger partial charge is 0.193 e. The summed E-state index contributed by atoms with van der Waals surface area (Å²) in [7, 11) is 1.64. The monoisotopic (exact) mass is 516 g/mol. The van der Waals surface area contributed by atoms with Gasteiger partial charge in [-0.25, -0.2) is 0 Å². The summed E-state index contributed by atoms with van der Waals surface area (Å²) in [6.07, 6.45) is 0. The number of aliphatic imine (C=N–C) groups is 1. The first kappa shape index (κ1) is 22.7. The summed E-state index contributed by atoms with van der Waals surface area (Å²) in [5.74, 6) is 1.17. The summed E-state index contributed by atoms with van der Waals surface area (Å²) in [6.45, 7) is 3.70. The van der Waals surface area contributed by atoms with Crippen molar-refractivity contribution in [2.75, 3.05) is 45.3 Å². The highest BCUT2D eigenvalue weighted by Crippen LogP contribution is 2.25. The van der Waals surface area contributed by atoms with Gasteiger partial charge in [0.05, 0.1) is 32.9 Å². The van der Waals surface area contributed by atoms with Crippen molar-refractivity contribution in [1.82, 2.24) is 4.90 Å². The zero-order valence-electron chi connectivity index (χ0n) is 15.8. The fraction of sp³-hybridized carbons (Fsp3) is 0.350. The molecule has 1 saturated heterocycles. The molecule has 0 bridgehead atoms. The van der Waals surface area contributed by atoms with Crippen LogP contribution in [0.1, 0.15) is 11.6 Å². The number of nitrogens with two attached hydrogens (primary N) is 1. The van der Waals surface area contributed by atoms with Crippen LogP contribution in [0.2, 0.25) is 5.02 Å². The van der Waals surface area contributed by atoms with Crippen LogP contribution in [0.25, 0.3) is 0 Å². The first-order valence-corrected chi connectivity index (χ1v) is 9.32. The standard InChI is InChI=1S/C20H25ClN4O2.HI/c1-26-18-7-5-17(6-8-18)24-20(22)23-14-19(25-9-11-27-12-10-25)15-3-2-4-16(21)13-15;/h2-8,13,19H,9-12,14H2,1H3,(H3,22,23,24);1H. The van der Waals surface area contributed by atoms with Gasteiger partial charge in [0.25, 0.3) is 0 Å². The van der Waals surface area contributed by atoms with Crippen LogP contribution in [-0.4, -0.2) is 50.8 Å². The second kappa shape index (κ2) is 11.5. The van der Waals surface area contributed by atoms with E-state index in [1.165, 1.54) is 0 Å². The summed E-state index contributed by atoms with van der Waals surface area (Å²) in [5, 5.41) is 3.84. The van der Waals surface area contributed by atoms with Gasteiger partial charge in [-0.15, -0.1) is 24.0 Å². The highest BCUT2D eigenvalue weighted by molar-refractivity contribution is 14.0. The minimum atomic E-state index is 0. The third-order valence-corrected chi connectivity index (χ3v) is 4.75. The van der Waals surface area contributed by atoms with Crippen LogP contribution in [0.4, 0.5) is 5.69 Å². The van der Waals surface area contributed by atoms with Crippen LogP contribution in [0.5, 0.6) is 5.75 Å². The molecule has 1 atom stereocenters. The van der Waals surface area contributed by atoms with Crippen molar-refractivity contribution in [2.45, 2.75) is 6.04 Å². The highest BCUT2D eigenvalue weighted by Gasteiger charge is 2.22. The van der Waals surface area contributed by atoms with Gasteiger partial charge in [-0.2, -0.15) is 0 Å². The molecular formula is C20H26ClIN4O2. The third kappa shape index (κ3) is 6.51. The van der Waals surface area contributed by atoms with Gasteiger partial charge in [0.1, 0.15) is 5.75 Å². The van der Waals surface area contributed by atoms with E-state index >= 15 is 0 Å². The summed E-state index contributed by atoms with van der Waals surface area (Å²) in [5.41, 5.74) is 8.09. The van der Waals surface area contributed by atoms with Crippen molar-refractivity contribution in [1.29, 1.82) is 0 Å². The molecule has 0 amide bonds. The Morgan fingerprint density at radius 2 is 1.96 bits per heavy atom. The number of methoxy groups -OCH3 is 1. The lowest BCUT2D eigenvalue weighted by molar-refractivity contribution is 0.0180. The fourth-order valence-corrected chi connectivity index (χ4v) is 3.28. The van der Waals surface area contributed by atoms with E-state index in [9.17, 15) is 0 Å². The topological polar surface area (TPSA) is 72.1 Å². The summed E-state index contributed by atoms with van der Waals surface area (Å²) in [4.78, 5) is 6.93. The number of nitrogens with one attached hydrogen (secondary N) is 1. The molecule has 0 saturated carbocycles. The van der Waals surface area contributed by atoms with Gasteiger partial charge in [0.15, 0.2) is 5.96 Å². The molecule has 152 valence electrons. The number of hydrogen-bond acceptors (Lipinski definition) is 4. The van der Waals surface area contributed by atoms with Gasteiger partial charge in [0, 0.05) is 23.8 Å². The molecule has 3 N–H and O–H groups in total. The first-order chi connectivity index (χ1) is 13.2. The molecule has 6 nitrogen and oxygen atoms in total. The quantitative estimate of drug-likeness (QED) is 0.347. The Labute approximate surface area is 188 Å². The lowest BCUT2D eigenvalue weighted by Gasteiger charge is -2.34. The second-order valence-corrected chi connectivity index (χ2v) is 6.74. The number of hydrogen-bond donors (Lipinski definition) is 2.